The van der Waals surface area contributed by atoms with E-state index in [1.807, 2.05) is 12.1 Å². The van der Waals surface area contributed by atoms with Gasteiger partial charge in [0.05, 0.1) is 40.6 Å². The summed E-state index contributed by atoms with van der Waals surface area (Å²) in [5.74, 6) is -0.888. The Bertz CT molecular complexity index is 1930. The average molecular weight is 650 g/mol. The number of hydrogen-bond donors (Lipinski definition) is 3. The molecule has 0 radical (unpaired) electrons. The fourth-order valence-corrected chi connectivity index (χ4v) is 5.37. The van der Waals surface area contributed by atoms with Gasteiger partial charge in [-0.15, -0.1) is 35.1 Å². The van der Waals surface area contributed by atoms with Crippen molar-refractivity contribution < 1.29 is 13.5 Å². The SMILES string of the molecule is COC(=N)c1cccc(-c2cnc(-c3cncc(F)c3)s2)n1.Cl.N=C(N)c1cccc(-c2cnc(-c3cncc(F)c3)s2)n1. The van der Waals surface area contributed by atoms with Gasteiger partial charge in [-0.25, -0.2) is 28.7 Å². The van der Waals surface area contributed by atoms with Gasteiger partial charge >= 0.3 is 0 Å². The Morgan fingerprint density at radius 3 is 1.66 bits per heavy atom. The van der Waals surface area contributed by atoms with Crippen LogP contribution in [0.15, 0.2) is 85.7 Å². The molecule has 44 heavy (non-hydrogen) atoms. The van der Waals surface area contributed by atoms with Gasteiger partial charge in [0.1, 0.15) is 38.9 Å². The van der Waals surface area contributed by atoms with Crippen molar-refractivity contribution in [1.82, 2.24) is 29.9 Å². The minimum Gasteiger partial charge on any atom is -0.480 e. The molecule has 6 aromatic rings. The van der Waals surface area contributed by atoms with Crippen LogP contribution in [0.2, 0.25) is 0 Å². The number of ether oxygens (including phenoxy) is 1. The standard InChI is InChI=1S/C15H11FN4OS.C14H10FN5S.ClH/c1-21-14(17)12-4-2-3-11(20-12)13-8-19-15(22-13)9-5-10(16)7-18-6-9;15-9-4-8(5-18-6-9)14-19-7-12(21-14)10-2-1-3-11(20-10)13(16)17;/h2-8,17H,1H3;1-7H,(H3,16,17);1H. The van der Waals surface area contributed by atoms with Crippen LogP contribution < -0.4 is 5.73 Å². The zero-order valence-corrected chi connectivity index (χ0v) is 25.2. The van der Waals surface area contributed by atoms with Crippen LogP contribution in [0.3, 0.4) is 0 Å². The van der Waals surface area contributed by atoms with Crippen LogP contribution in [-0.2, 0) is 4.74 Å². The molecule has 6 heterocycles. The fraction of sp³-hybridized carbons (Fsp3) is 0.0345. The molecule has 0 fully saturated rings. The quantitative estimate of drug-likeness (QED) is 0.136. The largest absolute Gasteiger partial charge is 0.480 e. The van der Waals surface area contributed by atoms with Crippen molar-refractivity contribution in [2.24, 2.45) is 5.73 Å². The highest BCUT2D eigenvalue weighted by atomic mass is 35.5. The number of amidine groups is 1. The summed E-state index contributed by atoms with van der Waals surface area (Å²) in [5, 5.41) is 16.4. The summed E-state index contributed by atoms with van der Waals surface area (Å²) in [7, 11) is 1.43. The molecular weight excluding hydrogens is 628 g/mol. The molecule has 0 atom stereocenters. The van der Waals surface area contributed by atoms with E-state index in [2.05, 4.69) is 29.9 Å². The number of methoxy groups -OCH3 is 1. The summed E-state index contributed by atoms with van der Waals surface area (Å²) in [6.07, 6.45) is 8.77. The first-order valence-electron chi connectivity index (χ1n) is 12.4. The van der Waals surface area contributed by atoms with Gasteiger partial charge in [0.25, 0.3) is 0 Å². The van der Waals surface area contributed by atoms with Crippen molar-refractivity contribution in [1.29, 1.82) is 10.8 Å². The van der Waals surface area contributed by atoms with Crippen molar-refractivity contribution in [2.75, 3.05) is 7.11 Å². The molecule has 0 unspecified atom stereocenters. The Morgan fingerprint density at radius 2 is 1.20 bits per heavy atom. The molecule has 6 aromatic heterocycles. The Labute approximate surface area is 264 Å². The third kappa shape index (κ3) is 7.66. The lowest BCUT2D eigenvalue weighted by atomic mass is 10.2. The normalized spacial score (nSPS) is 10.2. The van der Waals surface area contributed by atoms with Crippen molar-refractivity contribution in [3.05, 3.63) is 109 Å². The van der Waals surface area contributed by atoms with E-state index in [4.69, 9.17) is 21.3 Å². The lowest BCUT2D eigenvalue weighted by molar-refractivity contribution is 0.399. The van der Waals surface area contributed by atoms with Gasteiger partial charge < -0.3 is 10.5 Å². The molecule has 0 aliphatic heterocycles. The van der Waals surface area contributed by atoms with Gasteiger partial charge in [0, 0.05) is 35.9 Å². The highest BCUT2D eigenvalue weighted by Crippen LogP contribution is 2.32. The van der Waals surface area contributed by atoms with Crippen LogP contribution >= 0.6 is 35.1 Å². The third-order valence-corrected chi connectivity index (χ3v) is 7.77. The van der Waals surface area contributed by atoms with Crippen LogP contribution in [0, 0.1) is 22.5 Å². The van der Waals surface area contributed by atoms with Gasteiger partial charge in [-0.1, -0.05) is 12.1 Å². The molecule has 0 amide bonds. The van der Waals surface area contributed by atoms with Crippen molar-refractivity contribution >= 4 is 46.8 Å². The number of hydrogen-bond acceptors (Lipinski definition) is 11. The van der Waals surface area contributed by atoms with E-state index >= 15 is 0 Å². The lowest BCUT2D eigenvalue weighted by Crippen LogP contribution is -2.12. The Hall–Kier alpha value is -5.05. The molecule has 0 aliphatic rings. The Morgan fingerprint density at radius 1 is 0.727 bits per heavy atom. The molecule has 0 bridgehead atoms. The van der Waals surface area contributed by atoms with Gasteiger partial charge in [0.15, 0.2) is 0 Å². The van der Waals surface area contributed by atoms with Crippen molar-refractivity contribution in [3.63, 3.8) is 0 Å². The summed E-state index contributed by atoms with van der Waals surface area (Å²) >= 11 is 2.76. The number of halogens is 3. The molecule has 0 saturated carbocycles. The van der Waals surface area contributed by atoms with E-state index < -0.39 is 11.6 Å². The van der Waals surface area contributed by atoms with E-state index in [-0.39, 0.29) is 24.1 Å². The first-order valence-corrected chi connectivity index (χ1v) is 14.0. The van der Waals surface area contributed by atoms with Crippen molar-refractivity contribution in [2.45, 2.75) is 0 Å². The van der Waals surface area contributed by atoms with Crippen LogP contribution in [-0.4, -0.2) is 48.7 Å². The minimum absolute atomic E-state index is 0. The molecule has 0 spiro atoms. The van der Waals surface area contributed by atoms with Crippen LogP contribution in [0.4, 0.5) is 8.78 Å². The van der Waals surface area contributed by atoms with Gasteiger partial charge in [-0.05, 0) is 36.4 Å². The third-order valence-electron chi connectivity index (χ3n) is 5.63. The maximum absolute atomic E-state index is 13.2. The summed E-state index contributed by atoms with van der Waals surface area (Å²) in [4.78, 5) is 26.5. The second kappa shape index (κ2) is 14.4. The molecule has 222 valence electrons. The Kier molecular flexibility index (Phi) is 10.4. The number of nitrogen functional groups attached to an aromatic ring is 1. The Balaban J connectivity index is 0.000000197. The highest BCUT2D eigenvalue weighted by molar-refractivity contribution is 7.18. The number of nitrogens with one attached hydrogen (secondary N) is 2. The topological polar surface area (TPSA) is 160 Å². The van der Waals surface area contributed by atoms with Crippen LogP contribution in [0.5, 0.6) is 0 Å². The summed E-state index contributed by atoms with van der Waals surface area (Å²) in [5.41, 5.74) is 8.90. The van der Waals surface area contributed by atoms with E-state index in [0.717, 1.165) is 22.1 Å². The van der Waals surface area contributed by atoms with Gasteiger partial charge in [0.2, 0.25) is 5.90 Å². The molecule has 0 aromatic carbocycles. The second-order valence-electron chi connectivity index (χ2n) is 8.61. The summed E-state index contributed by atoms with van der Waals surface area (Å²) in [6.45, 7) is 0. The number of aromatic nitrogens is 6. The second-order valence-corrected chi connectivity index (χ2v) is 10.7. The molecule has 0 aliphatic carbocycles. The maximum atomic E-state index is 13.2. The average Bonchev–Trinajstić information content (AvgIpc) is 3.73. The molecule has 0 saturated heterocycles. The number of thiazole rings is 2. The maximum Gasteiger partial charge on any atom is 0.232 e. The molecule has 15 heteroatoms. The van der Waals surface area contributed by atoms with Gasteiger partial charge in [-0.2, -0.15) is 0 Å². The number of pyridine rings is 4. The summed E-state index contributed by atoms with van der Waals surface area (Å²) in [6, 6.07) is 13.4. The predicted octanol–water partition coefficient (Wildman–Crippen LogP) is 6.49. The molecule has 4 N–H and O–H groups in total. The predicted molar refractivity (Wildman–Crippen MR) is 169 cm³/mol. The zero-order chi connectivity index (χ0) is 30.3. The zero-order valence-electron chi connectivity index (χ0n) is 22.7. The first-order chi connectivity index (χ1) is 20.8. The number of nitrogens with two attached hydrogens (primary N) is 1. The monoisotopic (exact) mass is 649 g/mol. The molecular formula is C29H22ClF2N9OS2. The minimum atomic E-state index is -0.402. The lowest BCUT2D eigenvalue weighted by Gasteiger charge is -2.02. The highest BCUT2D eigenvalue weighted by Gasteiger charge is 2.12. The number of nitrogens with zero attached hydrogens (tertiary/aromatic N) is 6. The van der Waals surface area contributed by atoms with E-state index in [1.165, 1.54) is 41.9 Å². The smallest absolute Gasteiger partial charge is 0.232 e. The molecule has 6 rings (SSSR count). The number of rotatable bonds is 6. The van der Waals surface area contributed by atoms with Crippen molar-refractivity contribution in [3.8, 4) is 42.3 Å². The van der Waals surface area contributed by atoms with Gasteiger partial charge in [-0.3, -0.25) is 20.8 Å². The van der Waals surface area contributed by atoms with E-state index in [0.29, 0.717) is 43.9 Å². The van der Waals surface area contributed by atoms with E-state index in [9.17, 15) is 8.78 Å². The van der Waals surface area contributed by atoms with Crippen LogP contribution in [0.25, 0.3) is 42.3 Å². The first kappa shape index (κ1) is 31.9. The fourth-order valence-electron chi connectivity index (χ4n) is 3.63. The molecule has 10 nitrogen and oxygen atoms in total. The summed E-state index contributed by atoms with van der Waals surface area (Å²) < 4.78 is 31.3. The van der Waals surface area contributed by atoms with E-state index in [1.54, 1.807) is 49.1 Å². The van der Waals surface area contributed by atoms with Crippen LogP contribution in [0.1, 0.15) is 11.4 Å².